The first-order valence-electron chi connectivity index (χ1n) is 4.80. The highest BCUT2D eigenvalue weighted by atomic mass is 35.5. The van der Waals surface area contributed by atoms with Gasteiger partial charge in [-0.3, -0.25) is 0 Å². The first-order chi connectivity index (χ1) is 5.96. The predicted octanol–water partition coefficient (Wildman–Crippen LogP) is 2.07. The number of halogens is 1. The molecule has 0 aromatic heterocycles. The van der Waals surface area contributed by atoms with Crippen molar-refractivity contribution in [2.75, 3.05) is 11.5 Å². The highest BCUT2D eigenvalue weighted by Gasteiger charge is 2.34. The minimum atomic E-state index is -2.77. The van der Waals surface area contributed by atoms with E-state index in [1.165, 1.54) is 0 Å². The van der Waals surface area contributed by atoms with E-state index in [2.05, 4.69) is 13.8 Å². The number of alkyl halides is 1. The van der Waals surface area contributed by atoms with Crippen molar-refractivity contribution < 1.29 is 8.42 Å². The molecule has 0 N–H and O–H groups in total. The zero-order valence-electron chi connectivity index (χ0n) is 8.16. The van der Waals surface area contributed by atoms with Gasteiger partial charge in [0.25, 0.3) is 0 Å². The minimum absolute atomic E-state index is 0.0299. The molecule has 2 nitrogen and oxygen atoms in total. The van der Waals surface area contributed by atoms with Gasteiger partial charge in [-0.05, 0) is 18.3 Å². The van der Waals surface area contributed by atoms with E-state index in [1.807, 2.05) is 0 Å². The van der Waals surface area contributed by atoms with Crippen LogP contribution >= 0.6 is 11.6 Å². The number of hydrogen-bond acceptors (Lipinski definition) is 2. The Morgan fingerprint density at radius 1 is 1.54 bits per heavy atom. The molecule has 3 unspecified atom stereocenters. The standard InChI is InChI=1S/C9H17ClO2S/c1-3-7(2)9(10)8-4-5-13(11,12)6-8/h7-9H,3-6H2,1-2H3. The van der Waals surface area contributed by atoms with Crippen LogP contribution in [0.1, 0.15) is 26.7 Å². The van der Waals surface area contributed by atoms with E-state index in [0.717, 1.165) is 12.8 Å². The molecule has 78 valence electrons. The van der Waals surface area contributed by atoms with Crippen molar-refractivity contribution in [3.63, 3.8) is 0 Å². The minimum Gasteiger partial charge on any atom is -0.229 e. The highest BCUT2D eigenvalue weighted by molar-refractivity contribution is 7.91. The molecule has 0 aliphatic carbocycles. The molecule has 1 aliphatic heterocycles. The molecule has 0 saturated carbocycles. The van der Waals surface area contributed by atoms with Crippen LogP contribution in [0, 0.1) is 11.8 Å². The van der Waals surface area contributed by atoms with Crippen LogP contribution in [0.15, 0.2) is 0 Å². The molecule has 0 spiro atoms. The lowest BCUT2D eigenvalue weighted by molar-refractivity contribution is 0.421. The lowest BCUT2D eigenvalue weighted by Crippen LogP contribution is -2.23. The molecule has 1 fully saturated rings. The zero-order chi connectivity index (χ0) is 10.1. The van der Waals surface area contributed by atoms with Gasteiger partial charge in [0.15, 0.2) is 9.84 Å². The summed E-state index contributed by atoms with van der Waals surface area (Å²) in [6, 6.07) is 0. The average Bonchev–Trinajstić information content (AvgIpc) is 2.43. The molecule has 0 bridgehead atoms. The van der Waals surface area contributed by atoms with E-state index in [4.69, 9.17) is 11.6 Å². The molecule has 3 atom stereocenters. The fraction of sp³-hybridized carbons (Fsp3) is 1.00. The molecule has 4 heteroatoms. The van der Waals surface area contributed by atoms with Gasteiger partial charge in [0.2, 0.25) is 0 Å². The molecular formula is C9H17ClO2S. The van der Waals surface area contributed by atoms with Crippen molar-refractivity contribution in [2.24, 2.45) is 11.8 Å². The van der Waals surface area contributed by atoms with Gasteiger partial charge in [-0.15, -0.1) is 11.6 Å². The van der Waals surface area contributed by atoms with Crippen LogP contribution in [0.3, 0.4) is 0 Å². The fourth-order valence-corrected chi connectivity index (χ4v) is 4.12. The Hall–Kier alpha value is 0.240. The average molecular weight is 225 g/mol. The SMILES string of the molecule is CCC(C)C(Cl)C1CCS(=O)(=O)C1. The molecule has 1 rings (SSSR count). The Bertz CT molecular complexity index is 261. The maximum atomic E-state index is 11.2. The topological polar surface area (TPSA) is 34.1 Å². The molecule has 13 heavy (non-hydrogen) atoms. The van der Waals surface area contributed by atoms with Crippen molar-refractivity contribution >= 4 is 21.4 Å². The van der Waals surface area contributed by atoms with Crippen LogP contribution in [0.5, 0.6) is 0 Å². The van der Waals surface area contributed by atoms with Crippen LogP contribution in [-0.2, 0) is 9.84 Å². The van der Waals surface area contributed by atoms with E-state index in [-0.39, 0.29) is 11.3 Å². The lowest BCUT2D eigenvalue weighted by Gasteiger charge is -2.21. The van der Waals surface area contributed by atoms with E-state index < -0.39 is 9.84 Å². The summed E-state index contributed by atoms with van der Waals surface area (Å²) in [5.41, 5.74) is 0. The normalized spacial score (nSPS) is 31.5. The number of hydrogen-bond donors (Lipinski definition) is 0. The third-order valence-electron chi connectivity index (χ3n) is 2.91. The maximum Gasteiger partial charge on any atom is 0.150 e. The third-order valence-corrected chi connectivity index (χ3v) is 5.49. The Kier molecular flexibility index (Phi) is 3.64. The van der Waals surface area contributed by atoms with E-state index in [0.29, 0.717) is 17.4 Å². The summed E-state index contributed by atoms with van der Waals surface area (Å²) in [6.45, 7) is 4.17. The van der Waals surface area contributed by atoms with Gasteiger partial charge >= 0.3 is 0 Å². The summed E-state index contributed by atoms with van der Waals surface area (Å²) in [4.78, 5) is 0. The third kappa shape index (κ3) is 2.84. The van der Waals surface area contributed by atoms with Gasteiger partial charge in [-0.2, -0.15) is 0 Å². The monoisotopic (exact) mass is 224 g/mol. The second-order valence-corrected chi connectivity index (χ2v) is 6.73. The summed E-state index contributed by atoms with van der Waals surface area (Å²) in [7, 11) is -2.77. The fourth-order valence-electron chi connectivity index (χ4n) is 1.76. The summed E-state index contributed by atoms with van der Waals surface area (Å²) in [6.07, 6.45) is 1.77. The Morgan fingerprint density at radius 2 is 2.15 bits per heavy atom. The van der Waals surface area contributed by atoms with Gasteiger partial charge in [-0.25, -0.2) is 8.42 Å². The van der Waals surface area contributed by atoms with Gasteiger partial charge in [0.1, 0.15) is 0 Å². The molecule has 0 radical (unpaired) electrons. The van der Waals surface area contributed by atoms with Crippen LogP contribution in [0.4, 0.5) is 0 Å². The molecule has 0 aromatic carbocycles. The Labute approximate surface area is 85.6 Å². The van der Waals surface area contributed by atoms with Gasteiger partial charge in [0, 0.05) is 5.38 Å². The predicted molar refractivity (Wildman–Crippen MR) is 55.9 cm³/mol. The maximum absolute atomic E-state index is 11.2. The lowest BCUT2D eigenvalue weighted by atomic mass is 9.93. The number of rotatable bonds is 3. The van der Waals surface area contributed by atoms with Crippen LogP contribution < -0.4 is 0 Å². The largest absolute Gasteiger partial charge is 0.229 e. The summed E-state index contributed by atoms with van der Waals surface area (Å²) in [5.74, 6) is 1.23. The van der Waals surface area contributed by atoms with Gasteiger partial charge in [0.05, 0.1) is 11.5 Å². The van der Waals surface area contributed by atoms with Crippen molar-refractivity contribution in [1.82, 2.24) is 0 Å². The second kappa shape index (κ2) is 4.18. The van der Waals surface area contributed by atoms with Crippen molar-refractivity contribution in [1.29, 1.82) is 0 Å². The van der Waals surface area contributed by atoms with E-state index >= 15 is 0 Å². The second-order valence-electron chi connectivity index (χ2n) is 3.99. The van der Waals surface area contributed by atoms with Crippen LogP contribution in [0.2, 0.25) is 0 Å². The molecule has 1 saturated heterocycles. The van der Waals surface area contributed by atoms with Gasteiger partial charge < -0.3 is 0 Å². The van der Waals surface area contributed by atoms with Gasteiger partial charge in [-0.1, -0.05) is 20.3 Å². The first-order valence-corrected chi connectivity index (χ1v) is 7.06. The van der Waals surface area contributed by atoms with Crippen molar-refractivity contribution in [3.05, 3.63) is 0 Å². The smallest absolute Gasteiger partial charge is 0.150 e. The van der Waals surface area contributed by atoms with E-state index in [1.54, 1.807) is 0 Å². The summed E-state index contributed by atoms with van der Waals surface area (Å²) >= 11 is 6.20. The molecule has 0 aromatic rings. The van der Waals surface area contributed by atoms with Crippen LogP contribution in [-0.4, -0.2) is 25.3 Å². The summed E-state index contributed by atoms with van der Waals surface area (Å²) < 4.78 is 22.4. The number of sulfone groups is 1. The molecule has 0 amide bonds. The Balaban J connectivity index is 2.56. The first kappa shape index (κ1) is 11.3. The van der Waals surface area contributed by atoms with Crippen molar-refractivity contribution in [3.8, 4) is 0 Å². The highest BCUT2D eigenvalue weighted by Crippen LogP contribution is 2.30. The summed E-state index contributed by atoms with van der Waals surface area (Å²) in [5, 5.41) is 0.0299. The van der Waals surface area contributed by atoms with Crippen LogP contribution in [0.25, 0.3) is 0 Å². The zero-order valence-corrected chi connectivity index (χ0v) is 9.74. The molecular weight excluding hydrogens is 208 g/mol. The quantitative estimate of drug-likeness (QED) is 0.688. The van der Waals surface area contributed by atoms with E-state index in [9.17, 15) is 8.42 Å². The Morgan fingerprint density at radius 3 is 2.54 bits per heavy atom. The molecule has 1 aliphatic rings. The van der Waals surface area contributed by atoms with Crippen molar-refractivity contribution in [2.45, 2.75) is 32.1 Å². The molecule has 1 heterocycles.